The zero-order chi connectivity index (χ0) is 21.6. The van der Waals surface area contributed by atoms with Crippen molar-refractivity contribution in [3.8, 4) is 17.2 Å². The number of aromatic nitrogens is 4. The standard InChI is InChI=1S/C23H23N5O3/c1-4-31-17-9-7-16(8-10-17)26-22-21-23(25-14-24-22)28-20(27-21)12-6-15-5-11-18(29-2)19(13-15)30-3/h5-14H,4H2,1-3H3,(H2,24,25,26,27,28). The molecule has 0 saturated carbocycles. The lowest BCUT2D eigenvalue weighted by atomic mass is 10.2. The number of ether oxygens (including phenoxy) is 3. The zero-order valence-corrected chi connectivity index (χ0v) is 17.5. The molecule has 0 spiro atoms. The first kappa shape index (κ1) is 20.2. The smallest absolute Gasteiger partial charge is 0.183 e. The number of anilines is 2. The minimum Gasteiger partial charge on any atom is -0.494 e. The molecule has 0 atom stereocenters. The highest BCUT2D eigenvalue weighted by Crippen LogP contribution is 2.28. The number of hydrogen-bond donors (Lipinski definition) is 2. The second kappa shape index (κ2) is 9.17. The van der Waals surface area contributed by atoms with Crippen LogP contribution in [0.1, 0.15) is 18.3 Å². The summed E-state index contributed by atoms with van der Waals surface area (Å²) in [6.45, 7) is 2.59. The lowest BCUT2D eigenvalue weighted by Gasteiger charge is -2.07. The Kier molecular flexibility index (Phi) is 5.98. The van der Waals surface area contributed by atoms with Crippen molar-refractivity contribution in [2.24, 2.45) is 0 Å². The molecule has 2 aromatic carbocycles. The number of H-pyrrole nitrogens is 1. The van der Waals surface area contributed by atoms with Crippen molar-refractivity contribution in [1.82, 2.24) is 19.9 Å². The van der Waals surface area contributed by atoms with Gasteiger partial charge < -0.3 is 24.5 Å². The lowest BCUT2D eigenvalue weighted by Crippen LogP contribution is -1.96. The lowest BCUT2D eigenvalue weighted by molar-refractivity contribution is 0.340. The van der Waals surface area contributed by atoms with Crippen LogP contribution in [0.4, 0.5) is 11.5 Å². The Morgan fingerprint density at radius 1 is 0.968 bits per heavy atom. The number of benzene rings is 2. The predicted octanol–water partition coefficient (Wildman–Crippen LogP) is 4.68. The second-order valence-electron chi connectivity index (χ2n) is 6.57. The fourth-order valence-electron chi connectivity index (χ4n) is 3.09. The first-order valence-electron chi connectivity index (χ1n) is 9.81. The molecule has 8 heteroatoms. The third-order valence-electron chi connectivity index (χ3n) is 4.58. The highest BCUT2D eigenvalue weighted by atomic mass is 16.5. The van der Waals surface area contributed by atoms with Crippen LogP contribution in [0.25, 0.3) is 23.3 Å². The molecule has 0 aliphatic carbocycles. The van der Waals surface area contributed by atoms with Crippen LogP contribution in [0, 0.1) is 0 Å². The van der Waals surface area contributed by atoms with Crippen LogP contribution in [0.15, 0.2) is 48.8 Å². The van der Waals surface area contributed by atoms with E-state index in [1.165, 1.54) is 6.33 Å². The van der Waals surface area contributed by atoms with E-state index >= 15 is 0 Å². The van der Waals surface area contributed by atoms with E-state index in [-0.39, 0.29) is 0 Å². The molecule has 0 saturated heterocycles. The number of imidazole rings is 1. The first-order chi connectivity index (χ1) is 15.2. The van der Waals surface area contributed by atoms with E-state index in [4.69, 9.17) is 14.2 Å². The van der Waals surface area contributed by atoms with E-state index in [9.17, 15) is 0 Å². The Hall–Kier alpha value is -4.07. The SMILES string of the molecule is CCOc1ccc(Nc2ncnc3nc(C=Cc4ccc(OC)c(OC)c4)[nH]c23)cc1. The molecule has 0 radical (unpaired) electrons. The summed E-state index contributed by atoms with van der Waals surface area (Å²) in [4.78, 5) is 16.4. The minimum absolute atomic E-state index is 0.579. The van der Waals surface area contributed by atoms with E-state index in [2.05, 4.69) is 25.3 Å². The quantitative estimate of drug-likeness (QED) is 0.430. The topological polar surface area (TPSA) is 94.2 Å². The molecule has 4 aromatic rings. The molecule has 2 N–H and O–H groups in total. The zero-order valence-electron chi connectivity index (χ0n) is 17.5. The molecule has 0 amide bonds. The minimum atomic E-state index is 0.579. The maximum atomic E-state index is 5.48. The highest BCUT2D eigenvalue weighted by Gasteiger charge is 2.09. The summed E-state index contributed by atoms with van der Waals surface area (Å²) >= 11 is 0. The monoisotopic (exact) mass is 417 g/mol. The molecule has 2 aromatic heterocycles. The fraction of sp³-hybridized carbons (Fsp3) is 0.174. The van der Waals surface area contributed by atoms with Crippen LogP contribution >= 0.6 is 0 Å². The predicted molar refractivity (Wildman–Crippen MR) is 121 cm³/mol. The Labute approximate surface area is 179 Å². The highest BCUT2D eigenvalue weighted by molar-refractivity contribution is 5.86. The molecular formula is C23H23N5O3. The number of methoxy groups -OCH3 is 2. The van der Waals surface area contributed by atoms with Gasteiger partial charge in [0.2, 0.25) is 0 Å². The molecule has 158 valence electrons. The number of aromatic amines is 1. The summed E-state index contributed by atoms with van der Waals surface area (Å²) in [6, 6.07) is 13.4. The van der Waals surface area contributed by atoms with Gasteiger partial charge in [0.15, 0.2) is 23.0 Å². The molecule has 0 unspecified atom stereocenters. The van der Waals surface area contributed by atoms with Gasteiger partial charge in [0.25, 0.3) is 0 Å². The van der Waals surface area contributed by atoms with Crippen LogP contribution < -0.4 is 19.5 Å². The van der Waals surface area contributed by atoms with Crippen molar-refractivity contribution in [2.45, 2.75) is 6.92 Å². The van der Waals surface area contributed by atoms with Gasteiger partial charge in [-0.05, 0) is 55.0 Å². The van der Waals surface area contributed by atoms with Crippen molar-refractivity contribution in [1.29, 1.82) is 0 Å². The van der Waals surface area contributed by atoms with Gasteiger partial charge in [0.05, 0.1) is 20.8 Å². The van der Waals surface area contributed by atoms with Crippen LogP contribution in [0.5, 0.6) is 17.2 Å². The molecule has 8 nitrogen and oxygen atoms in total. The van der Waals surface area contributed by atoms with E-state index in [1.807, 2.05) is 61.5 Å². The first-order valence-corrected chi connectivity index (χ1v) is 9.81. The molecule has 0 bridgehead atoms. The van der Waals surface area contributed by atoms with Gasteiger partial charge in [-0.2, -0.15) is 0 Å². The van der Waals surface area contributed by atoms with Crippen LogP contribution in [-0.2, 0) is 0 Å². The number of nitrogens with zero attached hydrogens (tertiary/aromatic N) is 3. The Morgan fingerprint density at radius 2 is 1.77 bits per heavy atom. The number of hydrogen-bond acceptors (Lipinski definition) is 7. The summed E-state index contributed by atoms with van der Waals surface area (Å²) in [7, 11) is 3.23. The Morgan fingerprint density at radius 3 is 2.52 bits per heavy atom. The molecule has 0 fully saturated rings. The second-order valence-corrected chi connectivity index (χ2v) is 6.57. The van der Waals surface area contributed by atoms with Crippen LogP contribution in [0.2, 0.25) is 0 Å². The van der Waals surface area contributed by atoms with Crippen LogP contribution in [0.3, 0.4) is 0 Å². The summed E-state index contributed by atoms with van der Waals surface area (Å²) in [5.41, 5.74) is 3.15. The van der Waals surface area contributed by atoms with E-state index in [0.717, 1.165) is 22.5 Å². The summed E-state index contributed by atoms with van der Waals surface area (Å²) in [5, 5.41) is 3.30. The van der Waals surface area contributed by atoms with Crippen molar-refractivity contribution >= 4 is 34.8 Å². The number of fused-ring (bicyclic) bond motifs is 1. The van der Waals surface area contributed by atoms with Crippen molar-refractivity contribution in [3.63, 3.8) is 0 Å². The van der Waals surface area contributed by atoms with Gasteiger partial charge in [-0.1, -0.05) is 12.1 Å². The van der Waals surface area contributed by atoms with Crippen molar-refractivity contribution < 1.29 is 14.2 Å². The molecule has 4 rings (SSSR count). The molecular weight excluding hydrogens is 394 g/mol. The van der Waals surface area contributed by atoms with Gasteiger partial charge in [-0.3, -0.25) is 0 Å². The van der Waals surface area contributed by atoms with E-state index < -0.39 is 0 Å². The molecule has 2 heterocycles. The van der Waals surface area contributed by atoms with Gasteiger partial charge in [-0.25, -0.2) is 15.0 Å². The average molecular weight is 417 g/mol. The van der Waals surface area contributed by atoms with Gasteiger partial charge >= 0.3 is 0 Å². The van der Waals surface area contributed by atoms with Gasteiger partial charge in [-0.15, -0.1) is 0 Å². The fourth-order valence-corrected chi connectivity index (χ4v) is 3.09. The third-order valence-corrected chi connectivity index (χ3v) is 4.58. The van der Waals surface area contributed by atoms with Crippen molar-refractivity contribution in [3.05, 3.63) is 60.2 Å². The van der Waals surface area contributed by atoms with Crippen molar-refractivity contribution in [2.75, 3.05) is 26.1 Å². The maximum absolute atomic E-state index is 5.48. The largest absolute Gasteiger partial charge is 0.494 e. The summed E-state index contributed by atoms with van der Waals surface area (Å²) < 4.78 is 16.1. The van der Waals surface area contributed by atoms with E-state index in [1.54, 1.807) is 14.2 Å². The van der Waals surface area contributed by atoms with Gasteiger partial charge in [0, 0.05) is 5.69 Å². The summed E-state index contributed by atoms with van der Waals surface area (Å²) in [6.07, 6.45) is 5.30. The Balaban J connectivity index is 1.56. The van der Waals surface area contributed by atoms with Gasteiger partial charge in [0.1, 0.15) is 23.4 Å². The number of nitrogens with one attached hydrogen (secondary N) is 2. The maximum Gasteiger partial charge on any atom is 0.183 e. The molecule has 0 aliphatic rings. The number of rotatable bonds is 8. The third kappa shape index (κ3) is 4.58. The molecule has 31 heavy (non-hydrogen) atoms. The Bertz CT molecular complexity index is 1200. The van der Waals surface area contributed by atoms with E-state index in [0.29, 0.717) is 35.4 Å². The van der Waals surface area contributed by atoms with Crippen LogP contribution in [-0.4, -0.2) is 40.8 Å². The average Bonchev–Trinajstić information content (AvgIpc) is 3.23. The summed E-state index contributed by atoms with van der Waals surface area (Å²) in [5.74, 6) is 3.49. The molecule has 0 aliphatic heterocycles. The normalized spacial score (nSPS) is 11.1.